The largest absolute Gasteiger partial charge is 1.00 e. The quantitative estimate of drug-likeness (QED) is 0.0524. The fraction of sp³-hybridized carbons (Fsp3) is 0.288. The van der Waals surface area contributed by atoms with Gasteiger partial charge in [-0.25, -0.2) is 0 Å². The summed E-state index contributed by atoms with van der Waals surface area (Å²) >= 11 is 0. The molecule has 4 aliphatic rings. The van der Waals surface area contributed by atoms with E-state index in [1.54, 1.807) is 6.08 Å². The first-order chi connectivity index (χ1) is 38.1. The molecule has 0 N–H and O–H groups in total. The molecule has 7 aromatic carbocycles. The number of rotatable bonds is 16. The molecule has 414 valence electrons. The van der Waals surface area contributed by atoms with Crippen molar-refractivity contribution in [2.45, 2.75) is 76.4 Å². The average Bonchev–Trinajstić information content (AvgIpc) is 4.35. The number of halogens is 1. The number of hydrogen-bond donors (Lipinski definition) is 0. The van der Waals surface area contributed by atoms with E-state index in [1.807, 2.05) is 197 Å². The molecule has 7 aromatic rings. The molecule has 79 heavy (non-hydrogen) atoms. The van der Waals surface area contributed by atoms with Crippen molar-refractivity contribution in [2.75, 3.05) is 57.7 Å². The minimum atomic E-state index is 0. The average molecular weight is 1150 g/mol. The Morgan fingerprint density at radius 1 is 0.519 bits per heavy atom. The maximum atomic E-state index is 12.5. The van der Waals surface area contributed by atoms with Gasteiger partial charge in [-0.3, -0.25) is 14.4 Å². The van der Waals surface area contributed by atoms with Crippen molar-refractivity contribution in [1.29, 1.82) is 0 Å². The molecule has 11 rings (SSSR count). The Kier molecular flexibility index (Phi) is 25.5. The van der Waals surface area contributed by atoms with Crippen molar-refractivity contribution in [3.05, 3.63) is 204 Å². The predicted octanol–water partition coefficient (Wildman–Crippen LogP) is 10.2. The van der Waals surface area contributed by atoms with Crippen molar-refractivity contribution < 1.29 is 59.8 Å². The fourth-order valence-corrected chi connectivity index (χ4v) is 9.95. The highest BCUT2D eigenvalue weighted by atomic mass is 79.9. The van der Waals surface area contributed by atoms with Crippen LogP contribution in [-0.2, 0) is 22.4 Å². The third-order valence-corrected chi connectivity index (χ3v) is 14.7. The van der Waals surface area contributed by atoms with Crippen LogP contribution < -0.4 is 60.5 Å². The fourth-order valence-electron chi connectivity index (χ4n) is 8.85. The number of aldehydes is 1. The summed E-state index contributed by atoms with van der Waals surface area (Å²) < 4.78 is 33.5. The highest BCUT2D eigenvalue weighted by molar-refractivity contribution is 7.48. The summed E-state index contributed by atoms with van der Waals surface area (Å²) in [6.45, 7) is 0.504. The second-order valence-electron chi connectivity index (χ2n) is 19.6. The van der Waals surface area contributed by atoms with Crippen LogP contribution in [0.4, 0.5) is 11.4 Å². The molecule has 0 aromatic heterocycles. The molecule has 0 bridgehead atoms. The lowest BCUT2D eigenvalue weighted by molar-refractivity contribution is -0.116. The number of ether oxygens (including phenoxy) is 6. The molecule has 11 nitrogen and oxygen atoms in total. The molecule has 1 atom stereocenters. The molecule has 2 fully saturated rings. The Hall–Kier alpha value is -7.40. The van der Waals surface area contributed by atoms with Crippen LogP contribution in [-0.4, -0.2) is 78.0 Å². The van der Waals surface area contributed by atoms with Crippen molar-refractivity contribution >= 4 is 49.2 Å². The lowest BCUT2D eigenvalue weighted by atomic mass is 10.1. The van der Waals surface area contributed by atoms with Crippen molar-refractivity contribution in [1.82, 2.24) is 0 Å². The van der Waals surface area contributed by atoms with Crippen LogP contribution >= 0.6 is 8.58 Å². The zero-order valence-electron chi connectivity index (χ0n) is 45.8. The molecule has 2 heterocycles. The normalized spacial score (nSPS) is 13.7. The molecule has 2 saturated carbocycles. The number of fused-ring (bicyclic) bond motifs is 2. The third-order valence-electron chi connectivity index (χ3n) is 13.1. The summed E-state index contributed by atoms with van der Waals surface area (Å²) in [6, 6.07) is 57.4. The van der Waals surface area contributed by atoms with E-state index in [0.717, 1.165) is 88.8 Å². The minimum Gasteiger partial charge on any atom is -1.00 e. The van der Waals surface area contributed by atoms with Crippen LogP contribution in [0.1, 0.15) is 78.4 Å². The SMILES string of the molecule is CN(C)c1ccc(/C=C/C(=O)Cc2ccc3c(c2)OCO3)c(OC2CCCC2)c1.CN(C)c1ccc(C=O)c(OC2CCCC2)c1.O=C(C[PH2+]c1ccccc1)Cc1ccc2c(c1)OCO2.[Br-].c1ccccc1.c1ccccc1. The molecule has 0 saturated heterocycles. The molecular formula is C66H74BrN2O9P. The third kappa shape index (κ3) is 20.7. The number of hydrogen-bond acceptors (Lipinski definition) is 11. The van der Waals surface area contributed by atoms with E-state index in [2.05, 4.69) is 23.1 Å². The summed E-state index contributed by atoms with van der Waals surface area (Å²) in [6.07, 6.45) is 15.6. The molecule has 2 aliphatic carbocycles. The summed E-state index contributed by atoms with van der Waals surface area (Å²) in [7, 11) is 8.01. The Bertz CT molecular complexity index is 2880. The van der Waals surface area contributed by atoms with Gasteiger partial charge >= 0.3 is 0 Å². The monoisotopic (exact) mass is 1150 g/mol. The van der Waals surface area contributed by atoms with E-state index >= 15 is 0 Å². The summed E-state index contributed by atoms with van der Waals surface area (Å²) in [5, 5.41) is 1.28. The van der Waals surface area contributed by atoms with Crippen LogP contribution in [0.5, 0.6) is 34.5 Å². The molecular weight excluding hydrogens is 1080 g/mol. The highest BCUT2D eigenvalue weighted by Gasteiger charge is 2.21. The van der Waals surface area contributed by atoms with E-state index in [9.17, 15) is 14.4 Å². The first kappa shape index (κ1) is 60.8. The van der Waals surface area contributed by atoms with Gasteiger partial charge in [-0.2, -0.15) is 0 Å². The Morgan fingerprint density at radius 3 is 1.39 bits per heavy atom. The summed E-state index contributed by atoms with van der Waals surface area (Å²) in [5.41, 5.74) is 5.62. The van der Waals surface area contributed by atoms with Crippen LogP contribution in [0.25, 0.3) is 6.08 Å². The zero-order valence-corrected chi connectivity index (χ0v) is 48.6. The number of Topliss-reactive ketones (excluding diaryl/α,β-unsaturated/α-hetero) is 1. The lowest BCUT2D eigenvalue weighted by Crippen LogP contribution is -3.00. The molecule has 13 heteroatoms. The van der Waals surface area contributed by atoms with E-state index in [4.69, 9.17) is 28.4 Å². The standard InChI is InChI=1S/C24H27NO4.C16H15O3P.C14H19NO2.2C6H6.BrH/c1-25(2)19-10-8-18(23(15-19)29-21-5-3-4-6-21)9-11-20(26)13-17-7-12-22-24(14-17)28-16-27-22;17-13(10-20-14-4-2-1-3-5-14)8-12-6-7-15-16(9-12)19-11-18-15;1-15(2)12-8-7-11(10-16)14(9-12)17-13-5-3-4-6-13;2*1-2-4-6-5-3-1;/h7-12,14-15,21H,3-6,13,16H2,1-2H3;1-7,9,20H,8,10-11H2;7-10,13H,3-6H2,1-2H3;2*1-6H;1H/b11-9+;;;;;. The zero-order chi connectivity index (χ0) is 54.7. The van der Waals surface area contributed by atoms with Crippen molar-refractivity contribution in [3.63, 3.8) is 0 Å². The number of carbonyl (C=O) groups is 3. The van der Waals surface area contributed by atoms with Gasteiger partial charge in [0.05, 0.1) is 23.1 Å². The van der Waals surface area contributed by atoms with Gasteiger partial charge in [0.15, 0.2) is 40.9 Å². The van der Waals surface area contributed by atoms with Crippen molar-refractivity contribution in [3.8, 4) is 34.5 Å². The van der Waals surface area contributed by atoms with Gasteiger partial charge in [-0.05, 0) is 135 Å². The van der Waals surface area contributed by atoms with Crippen molar-refractivity contribution in [2.24, 2.45) is 0 Å². The number of benzene rings is 7. The second-order valence-corrected chi connectivity index (χ2v) is 21.1. The van der Waals surface area contributed by atoms with Crippen LogP contribution in [0, 0.1) is 0 Å². The highest BCUT2D eigenvalue weighted by Crippen LogP contribution is 2.35. The van der Waals surface area contributed by atoms with Crippen LogP contribution in [0.2, 0.25) is 0 Å². The lowest BCUT2D eigenvalue weighted by Gasteiger charge is -2.19. The van der Waals surface area contributed by atoms with Gasteiger partial charge in [0.25, 0.3) is 0 Å². The Balaban J connectivity index is 0.000000176. The predicted molar refractivity (Wildman–Crippen MR) is 318 cm³/mol. The van der Waals surface area contributed by atoms with Gasteiger partial charge in [-0.15, -0.1) is 0 Å². The number of ketones is 2. The number of nitrogens with zero attached hydrogens (tertiary/aromatic N) is 2. The molecule has 0 spiro atoms. The first-order valence-electron chi connectivity index (χ1n) is 26.9. The van der Waals surface area contributed by atoms with Crippen LogP contribution in [0.3, 0.4) is 0 Å². The second kappa shape index (κ2) is 33.1. The smallest absolute Gasteiger partial charge is 0.231 e. The minimum absolute atomic E-state index is 0. The van der Waals surface area contributed by atoms with E-state index in [1.165, 1.54) is 31.0 Å². The first-order valence-corrected chi connectivity index (χ1v) is 28.3. The van der Waals surface area contributed by atoms with E-state index < -0.39 is 0 Å². The van der Waals surface area contributed by atoms with E-state index in [0.29, 0.717) is 30.3 Å². The molecule has 0 amide bonds. The number of carbonyl (C=O) groups excluding carboxylic acids is 3. The summed E-state index contributed by atoms with van der Waals surface area (Å²) in [5.74, 6) is 4.81. The maximum absolute atomic E-state index is 12.5. The van der Waals surface area contributed by atoms with Gasteiger partial charge in [-0.1, -0.05) is 103 Å². The molecule has 0 radical (unpaired) electrons. The van der Waals surface area contributed by atoms with Gasteiger partial charge in [0.2, 0.25) is 13.6 Å². The van der Waals surface area contributed by atoms with E-state index in [-0.39, 0.29) is 62.9 Å². The molecule has 2 aliphatic heterocycles. The maximum Gasteiger partial charge on any atom is 0.231 e. The topological polar surface area (TPSA) is 113 Å². The Morgan fingerprint density at radius 2 is 0.937 bits per heavy atom. The number of allylic oxidation sites excluding steroid dienone is 1. The van der Waals surface area contributed by atoms with Gasteiger partial charge in [0.1, 0.15) is 17.7 Å². The molecule has 1 unspecified atom stereocenters. The number of anilines is 2. The van der Waals surface area contributed by atoms with Gasteiger partial charge < -0.3 is 55.2 Å². The van der Waals surface area contributed by atoms with Gasteiger partial charge in [0, 0.05) is 78.7 Å². The Labute approximate surface area is 479 Å². The summed E-state index contributed by atoms with van der Waals surface area (Å²) in [4.78, 5) is 39.6. The van der Waals surface area contributed by atoms with Crippen LogP contribution in [0.15, 0.2) is 182 Å².